The van der Waals surface area contributed by atoms with Crippen LogP contribution in [0.2, 0.25) is 5.02 Å². The van der Waals surface area contributed by atoms with Gasteiger partial charge < -0.3 is 9.80 Å². The monoisotopic (exact) mass is 355 g/mol. The molecule has 6 heteroatoms. The van der Waals surface area contributed by atoms with Gasteiger partial charge >= 0.3 is 6.18 Å². The fraction of sp³-hybridized carbons (Fsp3) is 0.333. The maximum atomic E-state index is 13.1. The molecule has 0 radical (unpaired) electrons. The van der Waals surface area contributed by atoms with E-state index in [2.05, 4.69) is 4.90 Å². The maximum absolute atomic E-state index is 13.1. The first-order chi connectivity index (χ1) is 11.4. The van der Waals surface area contributed by atoms with Gasteiger partial charge in [-0.05, 0) is 24.3 Å². The van der Waals surface area contributed by atoms with Crippen molar-refractivity contribution in [1.29, 1.82) is 0 Å². The molecule has 1 aliphatic rings. The maximum Gasteiger partial charge on any atom is 0.416 e. The minimum absolute atomic E-state index is 0.371. The second kappa shape index (κ2) is 7.03. The zero-order valence-corrected chi connectivity index (χ0v) is 13.9. The summed E-state index contributed by atoms with van der Waals surface area (Å²) in [6.07, 6.45) is -4.29. The number of nitrogens with one attached hydrogen (secondary N) is 1. The number of benzene rings is 2. The van der Waals surface area contributed by atoms with Crippen molar-refractivity contribution >= 4 is 17.3 Å². The van der Waals surface area contributed by atoms with Crippen LogP contribution in [0.3, 0.4) is 0 Å². The first kappa shape index (κ1) is 17.1. The fourth-order valence-corrected chi connectivity index (χ4v) is 3.34. The Morgan fingerprint density at radius 2 is 1.71 bits per heavy atom. The summed E-state index contributed by atoms with van der Waals surface area (Å²) >= 11 is 6.02. The summed E-state index contributed by atoms with van der Waals surface area (Å²) in [6, 6.07) is 13.5. The number of piperazine rings is 1. The molecule has 0 unspecified atom stereocenters. The van der Waals surface area contributed by atoms with Crippen molar-refractivity contribution in [3.8, 4) is 0 Å². The van der Waals surface area contributed by atoms with Crippen LogP contribution in [-0.4, -0.2) is 26.2 Å². The normalized spacial score (nSPS) is 16.4. The Morgan fingerprint density at radius 3 is 2.38 bits per heavy atom. The Labute approximate surface area is 144 Å². The molecular weight excluding hydrogens is 337 g/mol. The Bertz CT molecular complexity index is 695. The molecule has 1 heterocycles. The first-order valence-corrected chi connectivity index (χ1v) is 8.30. The van der Waals surface area contributed by atoms with Crippen LogP contribution in [0.5, 0.6) is 0 Å². The molecule has 2 nitrogen and oxygen atoms in total. The minimum Gasteiger partial charge on any atom is -0.360 e. The Balaban J connectivity index is 1.64. The van der Waals surface area contributed by atoms with Gasteiger partial charge in [-0.2, -0.15) is 13.2 Å². The van der Waals surface area contributed by atoms with Crippen molar-refractivity contribution in [3.63, 3.8) is 0 Å². The molecule has 1 fully saturated rings. The van der Waals surface area contributed by atoms with Gasteiger partial charge in [-0.15, -0.1) is 0 Å². The number of anilines is 1. The van der Waals surface area contributed by atoms with E-state index in [1.54, 1.807) is 12.1 Å². The number of nitrogens with zero attached hydrogens (tertiary/aromatic N) is 1. The quantitative estimate of drug-likeness (QED) is 0.888. The molecule has 0 atom stereocenters. The number of quaternary nitrogens is 1. The van der Waals surface area contributed by atoms with Crippen LogP contribution < -0.4 is 9.80 Å². The van der Waals surface area contributed by atoms with E-state index in [1.165, 1.54) is 11.0 Å². The van der Waals surface area contributed by atoms with E-state index in [4.69, 9.17) is 11.6 Å². The van der Waals surface area contributed by atoms with Gasteiger partial charge in [0.2, 0.25) is 0 Å². The Kier molecular flexibility index (Phi) is 5.01. The van der Waals surface area contributed by atoms with E-state index in [9.17, 15) is 13.2 Å². The van der Waals surface area contributed by atoms with Gasteiger partial charge in [-0.25, -0.2) is 0 Å². The predicted molar refractivity (Wildman–Crippen MR) is 89.5 cm³/mol. The van der Waals surface area contributed by atoms with E-state index in [0.29, 0.717) is 17.1 Å². The van der Waals surface area contributed by atoms with Gasteiger partial charge in [-0.1, -0.05) is 35.9 Å². The van der Waals surface area contributed by atoms with Crippen molar-refractivity contribution in [2.24, 2.45) is 0 Å². The smallest absolute Gasteiger partial charge is 0.360 e. The molecule has 2 aromatic rings. The predicted octanol–water partition coefficient (Wildman–Crippen LogP) is 3.26. The van der Waals surface area contributed by atoms with Crippen LogP contribution in [0, 0.1) is 0 Å². The highest BCUT2D eigenvalue weighted by molar-refractivity contribution is 6.30. The molecule has 0 saturated carbocycles. The summed E-state index contributed by atoms with van der Waals surface area (Å²) in [7, 11) is 0. The van der Waals surface area contributed by atoms with Gasteiger partial charge in [0.05, 0.1) is 31.7 Å². The third-order valence-corrected chi connectivity index (χ3v) is 4.64. The summed E-state index contributed by atoms with van der Waals surface area (Å²) in [5.74, 6) is 0. The molecule has 128 valence electrons. The first-order valence-electron chi connectivity index (χ1n) is 7.92. The summed E-state index contributed by atoms with van der Waals surface area (Å²) in [5, 5.41) is 0.696. The van der Waals surface area contributed by atoms with E-state index in [-0.39, 0.29) is 0 Å². The SMILES string of the molecule is FC(F)(F)c1ccccc1C[NH+]1CCN(c2cccc(Cl)c2)CC1. The van der Waals surface area contributed by atoms with Crippen LogP contribution in [0.4, 0.5) is 18.9 Å². The van der Waals surface area contributed by atoms with Gasteiger partial charge in [0, 0.05) is 16.3 Å². The van der Waals surface area contributed by atoms with Crippen LogP contribution >= 0.6 is 11.6 Å². The van der Waals surface area contributed by atoms with Gasteiger partial charge in [0.15, 0.2) is 0 Å². The number of alkyl halides is 3. The van der Waals surface area contributed by atoms with Crippen molar-refractivity contribution in [3.05, 3.63) is 64.7 Å². The second-order valence-electron chi connectivity index (χ2n) is 6.05. The van der Waals surface area contributed by atoms with Crippen LogP contribution in [0.1, 0.15) is 11.1 Å². The lowest BCUT2D eigenvalue weighted by Gasteiger charge is -2.34. The molecular formula is C18H19ClF3N2+. The second-order valence-corrected chi connectivity index (χ2v) is 6.49. The highest BCUT2D eigenvalue weighted by Gasteiger charge is 2.34. The van der Waals surface area contributed by atoms with E-state index < -0.39 is 11.7 Å². The van der Waals surface area contributed by atoms with Crippen molar-refractivity contribution < 1.29 is 18.1 Å². The van der Waals surface area contributed by atoms with Crippen LogP contribution in [0.15, 0.2) is 48.5 Å². The molecule has 0 bridgehead atoms. The number of hydrogen-bond donors (Lipinski definition) is 1. The zero-order valence-electron chi connectivity index (χ0n) is 13.1. The lowest BCUT2D eigenvalue weighted by Crippen LogP contribution is -3.13. The largest absolute Gasteiger partial charge is 0.416 e. The molecule has 0 aliphatic carbocycles. The summed E-state index contributed by atoms with van der Waals surface area (Å²) < 4.78 is 39.3. The molecule has 1 N–H and O–H groups in total. The Hall–Kier alpha value is -1.72. The highest BCUT2D eigenvalue weighted by atomic mass is 35.5. The average Bonchev–Trinajstić information content (AvgIpc) is 2.55. The van der Waals surface area contributed by atoms with Crippen molar-refractivity contribution in [2.75, 3.05) is 31.1 Å². The minimum atomic E-state index is -4.29. The summed E-state index contributed by atoms with van der Waals surface area (Å²) in [5.41, 5.74) is 0.920. The topological polar surface area (TPSA) is 7.68 Å². The van der Waals surface area contributed by atoms with Gasteiger partial charge in [0.1, 0.15) is 6.54 Å². The highest BCUT2D eigenvalue weighted by Crippen LogP contribution is 2.31. The fourth-order valence-electron chi connectivity index (χ4n) is 3.15. The summed E-state index contributed by atoms with van der Waals surface area (Å²) in [6.45, 7) is 3.63. The van der Waals surface area contributed by atoms with E-state index in [1.807, 2.05) is 24.3 Å². The molecule has 0 spiro atoms. The molecule has 2 aromatic carbocycles. The molecule has 0 aromatic heterocycles. The van der Waals surface area contributed by atoms with Crippen LogP contribution in [-0.2, 0) is 12.7 Å². The molecule has 1 saturated heterocycles. The van der Waals surface area contributed by atoms with E-state index >= 15 is 0 Å². The number of halogens is 4. The average molecular weight is 356 g/mol. The lowest BCUT2D eigenvalue weighted by molar-refractivity contribution is -0.914. The molecule has 1 aliphatic heterocycles. The number of rotatable bonds is 3. The third kappa shape index (κ3) is 4.02. The van der Waals surface area contributed by atoms with Gasteiger partial charge in [0.25, 0.3) is 0 Å². The molecule has 0 amide bonds. The molecule has 24 heavy (non-hydrogen) atoms. The standard InChI is InChI=1S/C18H18ClF3N2/c19-15-5-3-6-16(12-15)24-10-8-23(9-11-24)13-14-4-1-2-7-17(14)18(20,21)22/h1-7,12H,8-11,13H2/p+1. The van der Waals surface area contributed by atoms with Crippen molar-refractivity contribution in [1.82, 2.24) is 0 Å². The van der Waals surface area contributed by atoms with Crippen molar-refractivity contribution in [2.45, 2.75) is 12.7 Å². The number of hydrogen-bond acceptors (Lipinski definition) is 1. The van der Waals surface area contributed by atoms with E-state index in [0.717, 1.165) is 37.9 Å². The van der Waals surface area contributed by atoms with Crippen LogP contribution in [0.25, 0.3) is 0 Å². The zero-order chi connectivity index (χ0) is 17.2. The third-order valence-electron chi connectivity index (χ3n) is 4.41. The lowest BCUT2D eigenvalue weighted by atomic mass is 10.1. The summed E-state index contributed by atoms with van der Waals surface area (Å²) in [4.78, 5) is 3.40. The van der Waals surface area contributed by atoms with Gasteiger partial charge in [-0.3, -0.25) is 0 Å². The Morgan fingerprint density at radius 1 is 1.00 bits per heavy atom. The molecule has 3 rings (SSSR count).